The Bertz CT molecular complexity index is 1020. The van der Waals surface area contributed by atoms with Gasteiger partial charge in [0.1, 0.15) is 5.60 Å². The molecule has 0 aliphatic carbocycles. The van der Waals surface area contributed by atoms with E-state index in [-0.39, 0.29) is 30.5 Å². The molecule has 0 rings (SSSR count). The minimum Gasteiger partial charge on any atom is -0.545 e. The van der Waals surface area contributed by atoms with Gasteiger partial charge in [-0.3, -0.25) is 0 Å². The van der Waals surface area contributed by atoms with E-state index in [2.05, 4.69) is 18.6 Å². The average molecular weight is 800 g/mol. The Balaban J connectivity index is -0.00000138. The topological polar surface area (TPSA) is 185 Å². The standard InChI is InChI=1S/C28H46O8.C8H12O4.Sn/c1-4-7-10-12-20-28(19-11-8-5-2,21-13-14-23-35-25(31)16-15-24(29)30)36-27(33)18-17-26(32)34-22-9-6-3;1-2-3-6-12-8(11)5-4-7(9)10;/h15-18H,4-14,19-23H2,1-3H3,(H,29,30);4-5H,2-3,6H2,1H3,(H,9,10);/q;;+2/p-2/b16-15-,18-17-;5-4-;. The van der Waals surface area contributed by atoms with Gasteiger partial charge in [-0.25, -0.2) is 19.2 Å². The van der Waals surface area contributed by atoms with Crippen LogP contribution >= 0.6 is 0 Å². The zero-order valence-corrected chi connectivity index (χ0v) is 32.7. The molecule has 0 bridgehead atoms. The van der Waals surface area contributed by atoms with Gasteiger partial charge in [0.05, 0.1) is 31.8 Å². The number of aliphatic carboxylic acids is 2. The smallest absolute Gasteiger partial charge is 0.545 e. The maximum atomic E-state index is 12.7. The van der Waals surface area contributed by atoms with Crippen LogP contribution in [0.2, 0.25) is 0 Å². The van der Waals surface area contributed by atoms with Crippen LogP contribution in [0.4, 0.5) is 0 Å². The Morgan fingerprint density at radius 3 is 1.18 bits per heavy atom. The first-order chi connectivity index (χ1) is 22.9. The molecule has 0 aromatic heterocycles. The third kappa shape index (κ3) is 34.5. The first-order valence-corrected chi connectivity index (χ1v) is 17.1. The summed E-state index contributed by atoms with van der Waals surface area (Å²) < 4.78 is 20.7. The maximum absolute atomic E-state index is 12.7. The van der Waals surface area contributed by atoms with Crippen molar-refractivity contribution < 1.29 is 57.9 Å². The molecule has 13 heteroatoms. The predicted molar refractivity (Wildman–Crippen MR) is 181 cm³/mol. The van der Waals surface area contributed by atoms with Crippen LogP contribution in [-0.2, 0) is 47.7 Å². The van der Waals surface area contributed by atoms with Crippen molar-refractivity contribution in [2.45, 2.75) is 136 Å². The number of esters is 4. The summed E-state index contributed by atoms with van der Waals surface area (Å²) in [5.41, 5.74) is -0.657. The van der Waals surface area contributed by atoms with Gasteiger partial charge in [0.2, 0.25) is 0 Å². The minimum absolute atomic E-state index is 0. The number of ether oxygens (including phenoxy) is 4. The van der Waals surface area contributed by atoms with Crippen LogP contribution in [-0.4, -0.2) is 85.1 Å². The van der Waals surface area contributed by atoms with Gasteiger partial charge >= 0.3 is 47.8 Å². The summed E-state index contributed by atoms with van der Waals surface area (Å²) in [5, 5.41) is 20.2. The van der Waals surface area contributed by atoms with Crippen molar-refractivity contribution in [2.75, 3.05) is 19.8 Å². The molecular formula is C36H56O12Sn. The number of carboxylic acids is 2. The summed E-state index contributed by atoms with van der Waals surface area (Å²) in [6.45, 7) is 9.00. The van der Waals surface area contributed by atoms with E-state index < -0.39 is 41.4 Å². The van der Waals surface area contributed by atoms with Crippen LogP contribution in [0.5, 0.6) is 0 Å². The van der Waals surface area contributed by atoms with Crippen molar-refractivity contribution in [2.24, 2.45) is 0 Å². The predicted octanol–water partition coefficient (Wildman–Crippen LogP) is 3.99. The Morgan fingerprint density at radius 1 is 0.449 bits per heavy atom. The Morgan fingerprint density at radius 2 is 0.776 bits per heavy atom. The Labute approximate surface area is 309 Å². The van der Waals surface area contributed by atoms with E-state index in [0.29, 0.717) is 44.6 Å². The molecule has 49 heavy (non-hydrogen) atoms. The fraction of sp³-hybridized carbons (Fsp3) is 0.667. The molecule has 0 aliphatic heterocycles. The first-order valence-electron chi connectivity index (χ1n) is 17.1. The molecule has 1 unspecified atom stereocenters. The fourth-order valence-corrected chi connectivity index (χ4v) is 4.26. The van der Waals surface area contributed by atoms with Crippen molar-refractivity contribution >= 4 is 59.7 Å². The zero-order chi connectivity index (χ0) is 36.5. The van der Waals surface area contributed by atoms with Crippen molar-refractivity contribution in [1.29, 1.82) is 0 Å². The van der Waals surface area contributed by atoms with E-state index in [4.69, 9.17) is 14.2 Å². The molecule has 0 spiro atoms. The Hall–Kier alpha value is -3.16. The van der Waals surface area contributed by atoms with E-state index >= 15 is 0 Å². The van der Waals surface area contributed by atoms with Crippen molar-refractivity contribution in [3.8, 4) is 0 Å². The normalized spacial score (nSPS) is 12.0. The molecule has 0 aromatic rings. The second-order valence-corrected chi connectivity index (χ2v) is 11.2. The van der Waals surface area contributed by atoms with Gasteiger partial charge in [0.25, 0.3) is 0 Å². The van der Waals surface area contributed by atoms with Gasteiger partial charge in [0, 0.05) is 24.3 Å². The molecule has 0 saturated carbocycles. The molecule has 276 valence electrons. The summed E-state index contributed by atoms with van der Waals surface area (Å²) in [7, 11) is 0. The molecule has 0 N–H and O–H groups in total. The van der Waals surface area contributed by atoms with E-state index in [1.807, 2.05) is 13.8 Å². The van der Waals surface area contributed by atoms with Gasteiger partial charge < -0.3 is 38.7 Å². The molecule has 1 atom stereocenters. The summed E-state index contributed by atoms with van der Waals surface area (Å²) in [6.07, 6.45) is 19.0. The van der Waals surface area contributed by atoms with Gasteiger partial charge in [-0.2, -0.15) is 0 Å². The molecule has 0 amide bonds. The van der Waals surface area contributed by atoms with Crippen LogP contribution in [0.3, 0.4) is 0 Å². The van der Waals surface area contributed by atoms with Crippen LogP contribution in [0.25, 0.3) is 0 Å². The molecule has 12 nitrogen and oxygen atoms in total. The number of carboxylic acid groups (broad SMARTS) is 2. The molecule has 0 fully saturated rings. The van der Waals surface area contributed by atoms with Crippen LogP contribution in [0, 0.1) is 0 Å². The molecule has 2 radical (unpaired) electrons. The monoisotopic (exact) mass is 800 g/mol. The van der Waals surface area contributed by atoms with Crippen molar-refractivity contribution in [1.82, 2.24) is 0 Å². The van der Waals surface area contributed by atoms with E-state index in [1.54, 1.807) is 0 Å². The first kappa shape index (κ1) is 50.2. The molecular weight excluding hydrogens is 743 g/mol. The number of carbonyl (C=O) groups excluding carboxylic acids is 6. The minimum atomic E-state index is -1.46. The van der Waals surface area contributed by atoms with Crippen molar-refractivity contribution in [3.05, 3.63) is 36.5 Å². The van der Waals surface area contributed by atoms with E-state index in [1.165, 1.54) is 0 Å². The third-order valence-electron chi connectivity index (χ3n) is 6.86. The Kier molecular flexibility index (Phi) is 35.6. The number of hydrogen-bond acceptors (Lipinski definition) is 12. The fourth-order valence-electron chi connectivity index (χ4n) is 4.26. The SMILES string of the molecule is CCCCCCC(CCCCC)(CCCCOC(=O)/C=C\C(=O)[O-])OC(=O)/C=C\C(=O)OCCCC.CCCCOC(=O)/C=C\C(=O)[O-].[Sn+2]. The molecule has 0 aromatic carbocycles. The molecule has 0 saturated heterocycles. The van der Waals surface area contributed by atoms with Crippen LogP contribution in [0.1, 0.15) is 130 Å². The molecule has 0 heterocycles. The second kappa shape index (κ2) is 34.7. The number of unbranched alkanes of at least 4 members (excludes halogenated alkanes) is 8. The average Bonchev–Trinajstić information content (AvgIpc) is 3.04. The molecule has 0 aliphatic rings. The van der Waals surface area contributed by atoms with Gasteiger partial charge in [-0.1, -0.05) is 72.6 Å². The van der Waals surface area contributed by atoms with Crippen molar-refractivity contribution in [3.63, 3.8) is 0 Å². The largest absolute Gasteiger partial charge is 2.00 e. The maximum Gasteiger partial charge on any atom is 2.00 e. The summed E-state index contributed by atoms with van der Waals surface area (Å²) in [4.78, 5) is 66.9. The quantitative estimate of drug-likeness (QED) is 0.0383. The second-order valence-electron chi connectivity index (χ2n) is 11.2. The van der Waals surface area contributed by atoms with Crippen LogP contribution < -0.4 is 10.2 Å². The van der Waals surface area contributed by atoms with E-state index in [0.717, 1.165) is 108 Å². The number of carbonyl (C=O) groups is 6. The zero-order valence-electron chi connectivity index (χ0n) is 29.8. The summed E-state index contributed by atoms with van der Waals surface area (Å²) >= 11 is 0. The summed E-state index contributed by atoms with van der Waals surface area (Å²) in [5.74, 6) is -5.37. The number of hydrogen-bond donors (Lipinski definition) is 0. The van der Waals surface area contributed by atoms with Gasteiger partial charge in [-0.05, 0) is 69.9 Å². The summed E-state index contributed by atoms with van der Waals surface area (Å²) in [6, 6.07) is 0. The third-order valence-corrected chi connectivity index (χ3v) is 6.86. The van der Waals surface area contributed by atoms with Crippen LogP contribution in [0.15, 0.2) is 36.5 Å². The number of rotatable bonds is 27. The van der Waals surface area contributed by atoms with Gasteiger partial charge in [-0.15, -0.1) is 0 Å². The van der Waals surface area contributed by atoms with Gasteiger partial charge in [0.15, 0.2) is 0 Å². The van der Waals surface area contributed by atoms with E-state index in [9.17, 15) is 39.0 Å².